The number of nitro benzene ring substituents is 1. The standard InChI is InChI=1S/C13H15ClN2O4/c14-10-6-5-8(7-11(10)16(19)20)12(13(17)18)15-9-3-1-2-4-9/h5-7,9,12,15H,1-4H2,(H,17,18). The van der Waals surface area contributed by atoms with Gasteiger partial charge in [-0.1, -0.05) is 30.5 Å². The summed E-state index contributed by atoms with van der Waals surface area (Å²) in [7, 11) is 0. The zero-order valence-corrected chi connectivity index (χ0v) is 11.5. The van der Waals surface area contributed by atoms with Crippen LogP contribution in [0.5, 0.6) is 0 Å². The van der Waals surface area contributed by atoms with Gasteiger partial charge in [0.1, 0.15) is 11.1 Å². The number of hydrogen-bond acceptors (Lipinski definition) is 4. The van der Waals surface area contributed by atoms with E-state index in [1.54, 1.807) is 0 Å². The number of nitrogens with zero attached hydrogens (tertiary/aromatic N) is 1. The van der Waals surface area contributed by atoms with Gasteiger partial charge in [0.15, 0.2) is 0 Å². The van der Waals surface area contributed by atoms with Crippen molar-refractivity contribution in [2.75, 3.05) is 0 Å². The van der Waals surface area contributed by atoms with Crippen molar-refractivity contribution in [2.45, 2.75) is 37.8 Å². The van der Waals surface area contributed by atoms with Gasteiger partial charge in [0.2, 0.25) is 0 Å². The molecule has 0 amide bonds. The molecule has 108 valence electrons. The Morgan fingerprint density at radius 1 is 1.45 bits per heavy atom. The Labute approximate surface area is 120 Å². The topological polar surface area (TPSA) is 92.5 Å². The second kappa shape index (κ2) is 6.19. The van der Waals surface area contributed by atoms with Crippen LogP contribution in [0.4, 0.5) is 5.69 Å². The first-order chi connectivity index (χ1) is 9.49. The lowest BCUT2D eigenvalue weighted by Gasteiger charge is -2.19. The fourth-order valence-corrected chi connectivity index (χ4v) is 2.67. The molecule has 0 saturated heterocycles. The summed E-state index contributed by atoms with van der Waals surface area (Å²) in [6, 6.07) is 3.29. The third kappa shape index (κ3) is 3.26. The molecule has 0 aromatic heterocycles. The lowest BCUT2D eigenvalue weighted by molar-refractivity contribution is -0.384. The molecule has 20 heavy (non-hydrogen) atoms. The number of benzene rings is 1. The molecule has 0 radical (unpaired) electrons. The monoisotopic (exact) mass is 298 g/mol. The van der Waals surface area contributed by atoms with Crippen LogP contribution < -0.4 is 5.32 Å². The van der Waals surface area contributed by atoms with Gasteiger partial charge in [-0.15, -0.1) is 0 Å². The smallest absolute Gasteiger partial charge is 0.325 e. The Kier molecular flexibility index (Phi) is 4.57. The SMILES string of the molecule is O=C(O)C(NC1CCCC1)c1ccc(Cl)c([N+](=O)[O-])c1. The highest BCUT2D eigenvalue weighted by Crippen LogP contribution is 2.29. The highest BCUT2D eigenvalue weighted by molar-refractivity contribution is 6.32. The quantitative estimate of drug-likeness (QED) is 0.644. The molecule has 1 fully saturated rings. The van der Waals surface area contributed by atoms with Crippen LogP contribution in [0, 0.1) is 10.1 Å². The van der Waals surface area contributed by atoms with Gasteiger partial charge in [-0.3, -0.25) is 20.2 Å². The molecular formula is C13H15ClN2O4. The minimum atomic E-state index is -1.05. The summed E-state index contributed by atoms with van der Waals surface area (Å²) < 4.78 is 0. The number of nitro groups is 1. The van der Waals surface area contributed by atoms with Gasteiger partial charge in [0, 0.05) is 12.1 Å². The van der Waals surface area contributed by atoms with Crippen molar-refractivity contribution in [3.63, 3.8) is 0 Å². The number of carboxylic acid groups (broad SMARTS) is 1. The Morgan fingerprint density at radius 3 is 2.65 bits per heavy atom. The van der Waals surface area contributed by atoms with Crippen LogP contribution in [-0.2, 0) is 4.79 Å². The zero-order valence-electron chi connectivity index (χ0n) is 10.7. The van der Waals surface area contributed by atoms with E-state index in [1.165, 1.54) is 18.2 Å². The van der Waals surface area contributed by atoms with E-state index in [0.29, 0.717) is 5.56 Å². The summed E-state index contributed by atoms with van der Waals surface area (Å²) in [5.41, 5.74) is 0.0733. The molecular weight excluding hydrogens is 284 g/mol. The molecule has 6 nitrogen and oxygen atoms in total. The molecule has 1 aromatic rings. The van der Waals surface area contributed by atoms with E-state index in [4.69, 9.17) is 11.6 Å². The highest BCUT2D eigenvalue weighted by Gasteiger charge is 2.27. The highest BCUT2D eigenvalue weighted by atomic mass is 35.5. The van der Waals surface area contributed by atoms with E-state index in [2.05, 4.69) is 5.32 Å². The van der Waals surface area contributed by atoms with Crippen LogP contribution in [0.3, 0.4) is 0 Å². The molecule has 1 unspecified atom stereocenters. The Bertz CT molecular complexity index is 529. The van der Waals surface area contributed by atoms with Crippen molar-refractivity contribution in [1.82, 2.24) is 5.32 Å². The maximum absolute atomic E-state index is 11.4. The predicted octanol–water partition coefficient (Wildman–Crippen LogP) is 2.91. The van der Waals surface area contributed by atoms with Crippen molar-refractivity contribution in [3.05, 3.63) is 38.9 Å². The van der Waals surface area contributed by atoms with Crippen LogP contribution in [0.25, 0.3) is 0 Å². The fourth-order valence-electron chi connectivity index (χ4n) is 2.49. The number of halogens is 1. The molecule has 1 atom stereocenters. The zero-order chi connectivity index (χ0) is 14.7. The van der Waals surface area contributed by atoms with E-state index in [-0.39, 0.29) is 16.8 Å². The predicted molar refractivity (Wildman–Crippen MR) is 73.9 cm³/mol. The normalized spacial score (nSPS) is 17.1. The first-order valence-electron chi connectivity index (χ1n) is 6.41. The fraction of sp³-hybridized carbons (Fsp3) is 0.462. The number of aliphatic carboxylic acids is 1. The summed E-state index contributed by atoms with van der Waals surface area (Å²) in [5, 5.41) is 23.2. The molecule has 0 heterocycles. The average molecular weight is 299 g/mol. The van der Waals surface area contributed by atoms with Gasteiger partial charge in [-0.2, -0.15) is 0 Å². The van der Waals surface area contributed by atoms with Crippen molar-refractivity contribution >= 4 is 23.3 Å². The van der Waals surface area contributed by atoms with Crippen LogP contribution in [0.15, 0.2) is 18.2 Å². The summed E-state index contributed by atoms with van der Waals surface area (Å²) in [5.74, 6) is -1.05. The molecule has 2 rings (SSSR count). The van der Waals surface area contributed by atoms with Crippen molar-refractivity contribution in [1.29, 1.82) is 0 Å². The van der Waals surface area contributed by atoms with Gasteiger partial charge < -0.3 is 5.11 Å². The van der Waals surface area contributed by atoms with E-state index in [0.717, 1.165) is 25.7 Å². The minimum absolute atomic E-state index is 0.00348. The number of carboxylic acids is 1. The van der Waals surface area contributed by atoms with Crippen molar-refractivity contribution in [2.24, 2.45) is 0 Å². The summed E-state index contributed by atoms with van der Waals surface area (Å²) in [6.45, 7) is 0. The third-order valence-electron chi connectivity index (χ3n) is 3.50. The number of rotatable bonds is 5. The third-order valence-corrected chi connectivity index (χ3v) is 3.82. The number of nitrogens with one attached hydrogen (secondary N) is 1. The van der Waals surface area contributed by atoms with E-state index >= 15 is 0 Å². The maximum atomic E-state index is 11.4. The van der Waals surface area contributed by atoms with Gasteiger partial charge in [-0.25, -0.2) is 0 Å². The second-order valence-corrected chi connectivity index (χ2v) is 5.29. The maximum Gasteiger partial charge on any atom is 0.325 e. The molecule has 0 aliphatic heterocycles. The first kappa shape index (κ1) is 14.7. The van der Waals surface area contributed by atoms with Gasteiger partial charge in [-0.05, 0) is 24.5 Å². The average Bonchev–Trinajstić information content (AvgIpc) is 2.89. The molecule has 7 heteroatoms. The first-order valence-corrected chi connectivity index (χ1v) is 6.79. The second-order valence-electron chi connectivity index (χ2n) is 4.89. The van der Waals surface area contributed by atoms with E-state index in [1.807, 2.05) is 0 Å². The molecule has 2 N–H and O–H groups in total. The van der Waals surface area contributed by atoms with Crippen LogP contribution in [0.2, 0.25) is 5.02 Å². The number of hydrogen-bond donors (Lipinski definition) is 2. The van der Waals surface area contributed by atoms with Gasteiger partial charge in [0.05, 0.1) is 4.92 Å². The molecule has 0 bridgehead atoms. The van der Waals surface area contributed by atoms with E-state index in [9.17, 15) is 20.0 Å². The van der Waals surface area contributed by atoms with Crippen molar-refractivity contribution in [3.8, 4) is 0 Å². The van der Waals surface area contributed by atoms with Gasteiger partial charge in [0.25, 0.3) is 5.69 Å². The summed E-state index contributed by atoms with van der Waals surface area (Å²) in [6.07, 6.45) is 4.01. The summed E-state index contributed by atoms with van der Waals surface area (Å²) in [4.78, 5) is 21.6. The molecule has 1 aliphatic carbocycles. The van der Waals surface area contributed by atoms with Crippen LogP contribution in [-0.4, -0.2) is 22.0 Å². The number of carbonyl (C=O) groups is 1. The lowest BCUT2D eigenvalue weighted by atomic mass is 10.0. The van der Waals surface area contributed by atoms with Gasteiger partial charge >= 0.3 is 5.97 Å². The van der Waals surface area contributed by atoms with Crippen LogP contribution in [0.1, 0.15) is 37.3 Å². The Balaban J connectivity index is 2.26. The Morgan fingerprint density at radius 2 is 2.10 bits per heavy atom. The Hall–Kier alpha value is -1.66. The molecule has 1 aliphatic rings. The minimum Gasteiger partial charge on any atom is -0.480 e. The lowest BCUT2D eigenvalue weighted by Crippen LogP contribution is -2.35. The summed E-state index contributed by atoms with van der Waals surface area (Å²) >= 11 is 5.74. The van der Waals surface area contributed by atoms with Crippen molar-refractivity contribution < 1.29 is 14.8 Å². The van der Waals surface area contributed by atoms with E-state index < -0.39 is 16.9 Å². The molecule has 0 spiro atoms. The molecule has 1 aromatic carbocycles. The van der Waals surface area contributed by atoms with Crippen LogP contribution >= 0.6 is 11.6 Å². The largest absolute Gasteiger partial charge is 0.480 e. The molecule has 1 saturated carbocycles.